The van der Waals surface area contributed by atoms with Gasteiger partial charge in [-0.2, -0.15) is 0 Å². The predicted molar refractivity (Wildman–Crippen MR) is 131 cm³/mol. The number of carboxylic acid groups (broad SMARTS) is 3. The number of rotatable bonds is 18. The first-order chi connectivity index (χ1) is 18.0. The van der Waals surface area contributed by atoms with E-state index in [1.54, 1.807) is 13.8 Å². The number of aliphatic carboxylic acids is 3. The van der Waals surface area contributed by atoms with E-state index in [0.717, 1.165) is 0 Å². The molecule has 6 atom stereocenters. The molecule has 0 heterocycles. The summed E-state index contributed by atoms with van der Waals surface area (Å²) in [7, 11) is 0. The third-order valence-corrected chi connectivity index (χ3v) is 5.25. The maximum atomic E-state index is 12.8. The lowest BCUT2D eigenvalue weighted by Gasteiger charge is -2.26. The Morgan fingerprint density at radius 1 is 0.692 bits per heavy atom. The van der Waals surface area contributed by atoms with Crippen LogP contribution in [0.2, 0.25) is 0 Å². The van der Waals surface area contributed by atoms with Gasteiger partial charge >= 0.3 is 17.9 Å². The first-order valence-electron chi connectivity index (χ1n) is 11.9. The summed E-state index contributed by atoms with van der Waals surface area (Å²) in [5.41, 5.74) is 5.58. The molecule has 0 fully saturated rings. The Morgan fingerprint density at radius 2 is 1.15 bits per heavy atom. The Kier molecular flexibility index (Phi) is 15.2. The van der Waals surface area contributed by atoms with Crippen molar-refractivity contribution in [3.05, 3.63) is 0 Å². The molecule has 0 aromatic heterocycles. The fourth-order valence-corrected chi connectivity index (χ4v) is 3.11. The van der Waals surface area contributed by atoms with Gasteiger partial charge in [-0.3, -0.25) is 28.8 Å². The molecule has 4 amide bonds. The summed E-state index contributed by atoms with van der Waals surface area (Å²) in [5, 5.41) is 54.7. The van der Waals surface area contributed by atoms with E-state index in [9.17, 15) is 48.9 Å². The Labute approximate surface area is 223 Å². The number of hydrogen-bond donors (Lipinski definition) is 10. The van der Waals surface area contributed by atoms with Crippen molar-refractivity contribution in [1.82, 2.24) is 21.3 Å². The molecule has 0 radical (unpaired) electrons. The van der Waals surface area contributed by atoms with Crippen LogP contribution in [0.3, 0.4) is 0 Å². The average molecular weight is 564 g/mol. The number of carbonyl (C=O) groups excluding carboxylic acids is 4. The molecule has 0 aromatic rings. The maximum Gasteiger partial charge on any atom is 0.326 e. The third kappa shape index (κ3) is 13.5. The molecular formula is C22H37N5O12. The second kappa shape index (κ2) is 16.9. The topological polar surface area (TPSA) is 295 Å². The van der Waals surface area contributed by atoms with Crippen molar-refractivity contribution in [2.75, 3.05) is 6.61 Å². The Bertz CT molecular complexity index is 910. The van der Waals surface area contributed by atoms with Crippen LogP contribution >= 0.6 is 0 Å². The minimum absolute atomic E-state index is 0.0703. The number of carbonyl (C=O) groups is 7. The van der Waals surface area contributed by atoms with Crippen molar-refractivity contribution in [2.45, 2.75) is 82.8 Å². The highest BCUT2D eigenvalue weighted by atomic mass is 16.4. The number of carboxylic acids is 3. The Morgan fingerprint density at radius 3 is 1.59 bits per heavy atom. The highest BCUT2D eigenvalue weighted by molar-refractivity contribution is 5.96. The van der Waals surface area contributed by atoms with Gasteiger partial charge in [-0.25, -0.2) is 4.79 Å². The van der Waals surface area contributed by atoms with Crippen molar-refractivity contribution in [1.29, 1.82) is 0 Å². The Balaban J connectivity index is 5.62. The molecule has 0 aliphatic rings. The minimum atomic E-state index is -1.86. The van der Waals surface area contributed by atoms with Crippen LogP contribution in [0.4, 0.5) is 0 Å². The normalized spacial score (nSPS) is 15.6. The SMILES string of the molecule is CC(C)C[C@H](NC(=O)[C@@H](N)[C@@H](C)O)C(=O)N[C@@H](CO)C(=O)N[C@@H](CC(=O)O)C(=O)N[C@@H](CCC(=O)O)C(=O)O. The molecule has 0 aliphatic heterocycles. The second-order valence-corrected chi connectivity index (χ2v) is 9.19. The highest BCUT2D eigenvalue weighted by Crippen LogP contribution is 2.07. The van der Waals surface area contributed by atoms with Gasteiger partial charge in [0.05, 0.1) is 19.1 Å². The fourth-order valence-electron chi connectivity index (χ4n) is 3.11. The molecule has 11 N–H and O–H groups in total. The second-order valence-electron chi connectivity index (χ2n) is 9.19. The summed E-state index contributed by atoms with van der Waals surface area (Å²) in [6.45, 7) is 3.72. The van der Waals surface area contributed by atoms with E-state index < -0.39 is 104 Å². The average Bonchev–Trinajstić information content (AvgIpc) is 2.82. The lowest BCUT2D eigenvalue weighted by Crippen LogP contribution is -2.60. The van der Waals surface area contributed by atoms with E-state index >= 15 is 0 Å². The number of aliphatic hydroxyl groups is 2. The van der Waals surface area contributed by atoms with E-state index in [0.29, 0.717) is 0 Å². The van der Waals surface area contributed by atoms with Crippen molar-refractivity contribution in [3.8, 4) is 0 Å². The standard InChI is InChI=1S/C22H37N5O12/c1-9(2)6-12(26-21(37)17(23)10(3)29)18(34)27-14(8-28)20(36)25-13(7-16(32)33)19(35)24-11(22(38)39)4-5-15(30)31/h9-14,17,28-29H,4-8,23H2,1-3H3,(H,24,35)(H,25,36)(H,26,37)(H,27,34)(H,30,31)(H,32,33)(H,38,39)/t10-,11+,12+,13+,14+,17+/m1/s1. The fraction of sp³-hybridized carbons (Fsp3) is 0.682. The molecule has 0 bridgehead atoms. The van der Waals surface area contributed by atoms with Crippen LogP contribution in [-0.4, -0.2) is 110 Å². The van der Waals surface area contributed by atoms with Crippen LogP contribution in [0.1, 0.15) is 46.5 Å². The highest BCUT2D eigenvalue weighted by Gasteiger charge is 2.33. The molecule has 17 heteroatoms. The molecule has 0 aromatic carbocycles. The molecule has 0 aliphatic carbocycles. The number of nitrogens with two attached hydrogens (primary N) is 1. The third-order valence-electron chi connectivity index (χ3n) is 5.25. The lowest BCUT2D eigenvalue weighted by molar-refractivity contribution is -0.144. The van der Waals surface area contributed by atoms with Crippen molar-refractivity contribution >= 4 is 41.5 Å². The van der Waals surface area contributed by atoms with E-state index in [4.69, 9.17) is 15.9 Å². The van der Waals surface area contributed by atoms with Gasteiger partial charge in [0.15, 0.2) is 0 Å². The van der Waals surface area contributed by atoms with E-state index in [1.807, 2.05) is 10.6 Å². The summed E-state index contributed by atoms with van der Waals surface area (Å²) in [6.07, 6.45) is -3.33. The number of amides is 4. The van der Waals surface area contributed by atoms with Gasteiger partial charge in [0.25, 0.3) is 0 Å². The van der Waals surface area contributed by atoms with Gasteiger partial charge in [-0.05, 0) is 25.7 Å². The van der Waals surface area contributed by atoms with Crippen LogP contribution in [-0.2, 0) is 33.6 Å². The molecule has 0 spiro atoms. The molecule has 39 heavy (non-hydrogen) atoms. The summed E-state index contributed by atoms with van der Waals surface area (Å²) in [5.74, 6) is -8.90. The maximum absolute atomic E-state index is 12.8. The molecule has 0 saturated heterocycles. The molecule has 222 valence electrons. The summed E-state index contributed by atoms with van der Waals surface area (Å²) < 4.78 is 0. The van der Waals surface area contributed by atoms with Crippen LogP contribution < -0.4 is 27.0 Å². The number of aliphatic hydroxyl groups excluding tert-OH is 2. The zero-order valence-corrected chi connectivity index (χ0v) is 21.7. The summed E-state index contributed by atoms with van der Waals surface area (Å²) in [4.78, 5) is 83.6. The van der Waals surface area contributed by atoms with Crippen LogP contribution in [0.15, 0.2) is 0 Å². The minimum Gasteiger partial charge on any atom is -0.481 e. The van der Waals surface area contributed by atoms with E-state index in [-0.39, 0.29) is 12.3 Å². The van der Waals surface area contributed by atoms with Crippen LogP contribution in [0.5, 0.6) is 0 Å². The van der Waals surface area contributed by atoms with Gasteiger partial charge in [-0.15, -0.1) is 0 Å². The van der Waals surface area contributed by atoms with Gasteiger partial charge in [0, 0.05) is 6.42 Å². The zero-order chi connectivity index (χ0) is 30.4. The van der Waals surface area contributed by atoms with Crippen LogP contribution in [0, 0.1) is 5.92 Å². The predicted octanol–water partition coefficient (Wildman–Crippen LogP) is -3.90. The van der Waals surface area contributed by atoms with Gasteiger partial charge in [-0.1, -0.05) is 13.8 Å². The van der Waals surface area contributed by atoms with Gasteiger partial charge < -0.3 is 52.5 Å². The van der Waals surface area contributed by atoms with E-state index in [1.165, 1.54) is 6.92 Å². The zero-order valence-electron chi connectivity index (χ0n) is 21.7. The molecule has 0 unspecified atom stereocenters. The van der Waals surface area contributed by atoms with Crippen molar-refractivity contribution in [3.63, 3.8) is 0 Å². The molecule has 17 nitrogen and oxygen atoms in total. The molecule has 0 saturated carbocycles. The van der Waals surface area contributed by atoms with Crippen molar-refractivity contribution in [2.24, 2.45) is 11.7 Å². The van der Waals surface area contributed by atoms with Crippen molar-refractivity contribution < 1.29 is 59.1 Å². The quantitative estimate of drug-likeness (QED) is 0.0763. The first-order valence-corrected chi connectivity index (χ1v) is 11.9. The Hall–Kier alpha value is -3.83. The largest absolute Gasteiger partial charge is 0.481 e. The smallest absolute Gasteiger partial charge is 0.326 e. The summed E-state index contributed by atoms with van der Waals surface area (Å²) in [6, 6.07) is -7.88. The molecular weight excluding hydrogens is 526 g/mol. The first kappa shape index (κ1) is 35.2. The molecule has 0 rings (SSSR count). The van der Waals surface area contributed by atoms with Crippen LogP contribution in [0.25, 0.3) is 0 Å². The lowest BCUT2D eigenvalue weighted by atomic mass is 10.0. The monoisotopic (exact) mass is 563 g/mol. The number of nitrogens with one attached hydrogen (secondary N) is 4. The van der Waals surface area contributed by atoms with Gasteiger partial charge in [0.1, 0.15) is 30.2 Å². The number of hydrogen-bond acceptors (Lipinski definition) is 10. The van der Waals surface area contributed by atoms with E-state index in [2.05, 4.69) is 10.6 Å². The van der Waals surface area contributed by atoms with Gasteiger partial charge in [0.2, 0.25) is 23.6 Å². The summed E-state index contributed by atoms with van der Waals surface area (Å²) >= 11 is 0.